The van der Waals surface area contributed by atoms with E-state index in [1.165, 1.54) is 6.92 Å². The number of esters is 1. The molecule has 26 heavy (non-hydrogen) atoms. The van der Waals surface area contributed by atoms with Crippen LogP contribution in [0.5, 0.6) is 0 Å². The lowest BCUT2D eigenvalue weighted by Crippen LogP contribution is -2.49. The lowest BCUT2D eigenvalue weighted by atomic mass is 9.88. The summed E-state index contributed by atoms with van der Waals surface area (Å²) >= 11 is 0. The smallest absolute Gasteiger partial charge is 0.339 e. The number of amides is 1. The predicted octanol–water partition coefficient (Wildman–Crippen LogP) is 3.56. The third-order valence-corrected chi connectivity index (χ3v) is 4.67. The van der Waals surface area contributed by atoms with Crippen molar-refractivity contribution in [1.82, 2.24) is 0 Å². The molecule has 5 heteroatoms. The number of ketones is 1. The second-order valence-corrected chi connectivity index (χ2v) is 6.73. The molecule has 1 amide bonds. The number of nitrogens with one attached hydrogen (secondary N) is 1. The minimum Gasteiger partial charge on any atom is -0.445 e. The van der Waals surface area contributed by atoms with E-state index >= 15 is 0 Å². The minimum absolute atomic E-state index is 0.0422. The fourth-order valence-corrected chi connectivity index (χ4v) is 3.05. The molecule has 3 rings (SSSR count). The molecule has 0 aliphatic carbocycles. The first-order chi connectivity index (χ1) is 12.3. The van der Waals surface area contributed by atoms with Crippen LogP contribution in [0.15, 0.2) is 42.5 Å². The number of benzene rings is 2. The summed E-state index contributed by atoms with van der Waals surface area (Å²) in [5.41, 5.74) is 2.28. The molecule has 5 nitrogen and oxygen atoms in total. The van der Waals surface area contributed by atoms with Gasteiger partial charge in [0.15, 0.2) is 11.4 Å². The van der Waals surface area contributed by atoms with Gasteiger partial charge in [-0.1, -0.05) is 19.1 Å². The number of aryl methyl sites for hydroxylation is 1. The summed E-state index contributed by atoms with van der Waals surface area (Å²) < 4.78 is 5.46. The Morgan fingerprint density at radius 2 is 1.85 bits per heavy atom. The van der Waals surface area contributed by atoms with Crippen LogP contribution in [-0.2, 0) is 22.4 Å². The van der Waals surface area contributed by atoms with Crippen molar-refractivity contribution in [2.24, 2.45) is 0 Å². The maximum atomic E-state index is 12.8. The van der Waals surface area contributed by atoms with Crippen LogP contribution in [-0.4, -0.2) is 23.3 Å². The maximum Gasteiger partial charge on any atom is 0.339 e. The number of carbonyl (C=O) groups excluding carboxylic acids is 3. The van der Waals surface area contributed by atoms with Gasteiger partial charge in [-0.2, -0.15) is 0 Å². The van der Waals surface area contributed by atoms with Gasteiger partial charge in [-0.25, -0.2) is 4.79 Å². The molecule has 0 bridgehead atoms. The Labute approximate surface area is 152 Å². The van der Waals surface area contributed by atoms with Crippen LogP contribution in [0.2, 0.25) is 0 Å². The molecule has 1 atom stereocenters. The molecule has 2 aromatic carbocycles. The monoisotopic (exact) mass is 351 g/mol. The van der Waals surface area contributed by atoms with Crippen LogP contribution >= 0.6 is 0 Å². The second-order valence-electron chi connectivity index (χ2n) is 6.73. The van der Waals surface area contributed by atoms with Crippen LogP contribution in [0.25, 0.3) is 0 Å². The van der Waals surface area contributed by atoms with Crippen molar-refractivity contribution in [2.75, 3.05) is 5.32 Å². The Morgan fingerprint density at radius 3 is 2.46 bits per heavy atom. The highest BCUT2D eigenvalue weighted by molar-refractivity contribution is 6.03. The fraction of sp³-hybridized carbons (Fsp3) is 0.286. The summed E-state index contributed by atoms with van der Waals surface area (Å²) in [6.07, 6.45) is 1.17. The van der Waals surface area contributed by atoms with Crippen molar-refractivity contribution in [2.45, 2.75) is 39.2 Å². The number of rotatable bonds is 4. The van der Waals surface area contributed by atoms with Crippen molar-refractivity contribution < 1.29 is 19.1 Å². The van der Waals surface area contributed by atoms with Gasteiger partial charge in [-0.15, -0.1) is 0 Å². The summed E-state index contributed by atoms with van der Waals surface area (Å²) in [6.45, 7) is 5.14. The van der Waals surface area contributed by atoms with Crippen molar-refractivity contribution in [3.8, 4) is 0 Å². The number of hydrogen-bond donors (Lipinski definition) is 1. The lowest BCUT2D eigenvalue weighted by molar-refractivity contribution is -0.134. The van der Waals surface area contributed by atoms with Crippen LogP contribution in [0.3, 0.4) is 0 Å². The van der Waals surface area contributed by atoms with Crippen molar-refractivity contribution >= 4 is 23.3 Å². The molecule has 0 radical (unpaired) electrons. The summed E-state index contributed by atoms with van der Waals surface area (Å²) in [7, 11) is 0. The Kier molecular flexibility index (Phi) is 4.64. The number of carbonyl (C=O) groups is 3. The van der Waals surface area contributed by atoms with E-state index in [-0.39, 0.29) is 5.78 Å². The number of cyclic esters (lactones) is 1. The Bertz CT molecular complexity index is 885. The van der Waals surface area contributed by atoms with E-state index < -0.39 is 17.5 Å². The molecule has 0 spiro atoms. The first-order valence-electron chi connectivity index (χ1n) is 8.60. The first kappa shape index (κ1) is 17.9. The quantitative estimate of drug-likeness (QED) is 0.675. The number of fused-ring (bicyclic) bond motifs is 1. The molecule has 0 saturated carbocycles. The van der Waals surface area contributed by atoms with Crippen LogP contribution in [0.4, 0.5) is 5.69 Å². The van der Waals surface area contributed by atoms with E-state index in [2.05, 4.69) is 5.32 Å². The summed E-state index contributed by atoms with van der Waals surface area (Å²) in [4.78, 5) is 36.4. The lowest BCUT2D eigenvalue weighted by Gasteiger charge is -2.33. The zero-order valence-electron chi connectivity index (χ0n) is 15.1. The molecule has 2 aromatic rings. The van der Waals surface area contributed by atoms with Crippen molar-refractivity contribution in [3.05, 3.63) is 64.7 Å². The highest BCUT2D eigenvalue weighted by atomic mass is 16.6. The normalized spacial score (nSPS) is 18.7. The van der Waals surface area contributed by atoms with E-state index in [0.29, 0.717) is 23.2 Å². The summed E-state index contributed by atoms with van der Waals surface area (Å²) in [6, 6.07) is 12.2. The van der Waals surface area contributed by atoms with Crippen molar-refractivity contribution in [1.29, 1.82) is 0 Å². The molecule has 1 aliphatic heterocycles. The molecular formula is C21H21NO4. The molecule has 1 aliphatic rings. The molecule has 0 saturated heterocycles. The summed E-state index contributed by atoms with van der Waals surface area (Å²) in [5, 5.41) is 2.77. The van der Waals surface area contributed by atoms with Gasteiger partial charge in [0.05, 0.1) is 5.56 Å². The maximum absolute atomic E-state index is 12.8. The zero-order chi connectivity index (χ0) is 18.9. The van der Waals surface area contributed by atoms with Crippen LogP contribution in [0, 0.1) is 0 Å². The Hall–Kier alpha value is -2.95. The third-order valence-electron chi connectivity index (χ3n) is 4.67. The number of anilines is 1. The molecule has 0 fully saturated rings. The third kappa shape index (κ3) is 3.38. The van der Waals surface area contributed by atoms with Gasteiger partial charge in [0, 0.05) is 17.7 Å². The number of hydrogen-bond acceptors (Lipinski definition) is 4. The van der Waals surface area contributed by atoms with E-state index in [1.54, 1.807) is 37.3 Å². The number of Topliss-reactive ketones (excluding diaryl/α,β-unsaturated/α-hetero) is 1. The highest BCUT2D eigenvalue weighted by Gasteiger charge is 2.42. The van der Waals surface area contributed by atoms with E-state index in [0.717, 1.165) is 17.5 Å². The first-order valence-corrected chi connectivity index (χ1v) is 8.60. The van der Waals surface area contributed by atoms with Gasteiger partial charge >= 0.3 is 5.97 Å². The highest BCUT2D eigenvalue weighted by Crippen LogP contribution is 2.30. The van der Waals surface area contributed by atoms with Gasteiger partial charge in [-0.05, 0) is 61.7 Å². The largest absolute Gasteiger partial charge is 0.445 e. The molecular weight excluding hydrogens is 330 g/mol. The fourth-order valence-electron chi connectivity index (χ4n) is 3.05. The predicted molar refractivity (Wildman–Crippen MR) is 98.4 cm³/mol. The molecule has 1 heterocycles. The van der Waals surface area contributed by atoms with Crippen LogP contribution in [0.1, 0.15) is 52.6 Å². The Morgan fingerprint density at radius 1 is 1.15 bits per heavy atom. The van der Waals surface area contributed by atoms with Gasteiger partial charge in [0.1, 0.15) is 0 Å². The van der Waals surface area contributed by atoms with Crippen LogP contribution < -0.4 is 5.32 Å². The van der Waals surface area contributed by atoms with Gasteiger partial charge < -0.3 is 10.1 Å². The second kappa shape index (κ2) is 6.75. The van der Waals surface area contributed by atoms with Gasteiger partial charge in [0.25, 0.3) is 5.91 Å². The molecule has 1 N–H and O–H groups in total. The SMILES string of the molecule is CCc1ccc2c(c1)CC(C)(C(=O)Nc1ccc(C(C)=O)cc1)OC2=O. The average Bonchev–Trinajstić information content (AvgIpc) is 2.61. The van der Waals surface area contributed by atoms with Gasteiger partial charge in [0.2, 0.25) is 0 Å². The van der Waals surface area contributed by atoms with E-state index in [4.69, 9.17) is 4.74 Å². The van der Waals surface area contributed by atoms with Crippen molar-refractivity contribution in [3.63, 3.8) is 0 Å². The van der Waals surface area contributed by atoms with Gasteiger partial charge in [-0.3, -0.25) is 9.59 Å². The summed E-state index contributed by atoms with van der Waals surface area (Å²) in [5.74, 6) is -0.924. The molecule has 134 valence electrons. The standard InChI is InChI=1S/C21H21NO4/c1-4-14-5-10-18-16(11-14)12-21(3,26-19(18)24)20(25)22-17-8-6-15(7-9-17)13(2)23/h5-11H,4,12H2,1-3H3,(H,22,25). The van der Waals surface area contributed by atoms with E-state index in [1.807, 2.05) is 19.1 Å². The number of ether oxygens (including phenoxy) is 1. The van der Waals surface area contributed by atoms with E-state index in [9.17, 15) is 14.4 Å². The minimum atomic E-state index is -1.28. The molecule has 1 unspecified atom stereocenters. The Balaban J connectivity index is 1.82. The average molecular weight is 351 g/mol. The molecule has 0 aromatic heterocycles. The topological polar surface area (TPSA) is 72.5 Å². The zero-order valence-corrected chi connectivity index (χ0v) is 15.1.